The Morgan fingerprint density at radius 1 is 1.52 bits per heavy atom. The van der Waals surface area contributed by atoms with Crippen LogP contribution in [0, 0.1) is 6.92 Å². The largest absolute Gasteiger partial charge is 0.490 e. The molecule has 0 fully saturated rings. The topological polar surface area (TPSA) is 84.6 Å². The van der Waals surface area contributed by atoms with Crippen LogP contribution in [0.2, 0.25) is 0 Å². The van der Waals surface area contributed by atoms with E-state index < -0.39 is 11.6 Å². The smallest absolute Gasteiger partial charge is 0.219 e. The second-order valence-electron chi connectivity index (χ2n) is 5.81. The molecule has 1 aromatic rings. The quantitative estimate of drug-likeness (QED) is 0.660. The number of rotatable bonds is 8. The molecule has 0 aliphatic rings. The predicted octanol–water partition coefficient (Wildman–Crippen LogP) is 1.74. The average molecular weight is 359 g/mol. The van der Waals surface area contributed by atoms with Crippen molar-refractivity contribution in [3.63, 3.8) is 0 Å². The van der Waals surface area contributed by atoms with Crippen LogP contribution in [0.4, 0.5) is 0 Å². The number of nitrogens with two attached hydrogens (primary N) is 1. The number of nitrogens with one attached hydrogen (secondary N) is 1. The van der Waals surface area contributed by atoms with Gasteiger partial charge < -0.3 is 20.9 Å². The van der Waals surface area contributed by atoms with Gasteiger partial charge in [-0.3, -0.25) is 4.79 Å². The van der Waals surface area contributed by atoms with E-state index in [4.69, 9.17) is 10.5 Å². The minimum atomic E-state index is -0.676. The summed E-state index contributed by atoms with van der Waals surface area (Å²) in [6, 6.07) is 5.76. The van der Waals surface area contributed by atoms with Crippen molar-refractivity contribution in [2.45, 2.75) is 38.8 Å². The number of aliphatic hydroxyl groups is 1. The highest BCUT2D eigenvalue weighted by molar-refractivity contribution is 9.10. The van der Waals surface area contributed by atoms with E-state index in [1.54, 1.807) is 0 Å². The molecule has 1 atom stereocenters. The zero-order valence-corrected chi connectivity index (χ0v) is 14.2. The normalized spacial score (nSPS) is 13.0. The number of primary amides is 1. The van der Waals surface area contributed by atoms with Gasteiger partial charge in [-0.15, -0.1) is 0 Å². The Morgan fingerprint density at radius 3 is 2.76 bits per heavy atom. The monoisotopic (exact) mass is 358 g/mol. The van der Waals surface area contributed by atoms with Gasteiger partial charge in [-0.2, -0.15) is 0 Å². The standard InChI is InChI=1S/C15H23BrN2O3/c1-10-4-5-13(12(16)6-10)21-9-11(19)8-18-15(2,3)7-14(17)20/h4-6,11,18-19H,7-9H2,1-3H3,(H2,17,20). The molecule has 0 saturated heterocycles. The first-order valence-electron chi connectivity index (χ1n) is 6.80. The van der Waals surface area contributed by atoms with Gasteiger partial charge in [0.2, 0.25) is 5.91 Å². The SMILES string of the molecule is Cc1ccc(OCC(O)CNC(C)(C)CC(N)=O)c(Br)c1. The van der Waals surface area contributed by atoms with Gasteiger partial charge in [0.05, 0.1) is 4.47 Å². The van der Waals surface area contributed by atoms with Gasteiger partial charge in [0.25, 0.3) is 0 Å². The summed E-state index contributed by atoms with van der Waals surface area (Å²) >= 11 is 3.42. The summed E-state index contributed by atoms with van der Waals surface area (Å²) in [7, 11) is 0. The molecule has 0 bridgehead atoms. The zero-order chi connectivity index (χ0) is 16.0. The molecule has 1 unspecified atom stereocenters. The van der Waals surface area contributed by atoms with E-state index in [-0.39, 0.29) is 18.9 Å². The molecular weight excluding hydrogens is 336 g/mol. The van der Waals surface area contributed by atoms with E-state index >= 15 is 0 Å². The highest BCUT2D eigenvalue weighted by Gasteiger charge is 2.21. The molecule has 0 saturated carbocycles. The molecule has 0 aliphatic carbocycles. The van der Waals surface area contributed by atoms with E-state index in [0.29, 0.717) is 12.3 Å². The number of β-amino-alcohol motifs (C(OH)–C–C–N with tert-alkyl or cyclic N) is 1. The minimum absolute atomic E-state index is 0.168. The van der Waals surface area contributed by atoms with Gasteiger partial charge in [-0.25, -0.2) is 0 Å². The molecule has 1 rings (SSSR count). The molecule has 1 aromatic carbocycles. The molecule has 0 heterocycles. The fourth-order valence-corrected chi connectivity index (χ4v) is 2.47. The Balaban J connectivity index is 2.40. The summed E-state index contributed by atoms with van der Waals surface area (Å²) in [5.41, 5.74) is 5.86. The van der Waals surface area contributed by atoms with Crippen molar-refractivity contribution in [1.82, 2.24) is 5.32 Å². The third kappa shape index (κ3) is 6.93. The number of benzene rings is 1. The number of carbonyl (C=O) groups excluding carboxylic acids is 1. The van der Waals surface area contributed by atoms with Gasteiger partial charge in [-0.1, -0.05) is 6.07 Å². The number of aliphatic hydroxyl groups excluding tert-OH is 1. The van der Waals surface area contributed by atoms with Crippen molar-refractivity contribution in [2.24, 2.45) is 5.73 Å². The molecule has 0 radical (unpaired) electrons. The molecule has 4 N–H and O–H groups in total. The van der Waals surface area contributed by atoms with Gasteiger partial charge >= 0.3 is 0 Å². The van der Waals surface area contributed by atoms with E-state index in [9.17, 15) is 9.90 Å². The molecular formula is C15H23BrN2O3. The van der Waals surface area contributed by atoms with E-state index in [1.807, 2.05) is 39.0 Å². The van der Waals surface area contributed by atoms with Crippen molar-refractivity contribution in [3.05, 3.63) is 28.2 Å². The first kappa shape index (κ1) is 17.9. The van der Waals surface area contributed by atoms with Gasteiger partial charge in [0.1, 0.15) is 18.5 Å². The van der Waals surface area contributed by atoms with Crippen molar-refractivity contribution >= 4 is 21.8 Å². The van der Waals surface area contributed by atoms with Crippen molar-refractivity contribution in [2.75, 3.05) is 13.2 Å². The van der Waals surface area contributed by atoms with Crippen LogP contribution >= 0.6 is 15.9 Å². The van der Waals surface area contributed by atoms with Crippen LogP contribution in [0.3, 0.4) is 0 Å². The maximum Gasteiger partial charge on any atom is 0.219 e. The third-order valence-corrected chi connectivity index (χ3v) is 3.57. The molecule has 6 heteroatoms. The Labute approximate surface area is 134 Å². The Kier molecular flexibility index (Phi) is 6.64. The third-order valence-electron chi connectivity index (χ3n) is 2.95. The number of ether oxygens (including phenoxy) is 1. The summed E-state index contributed by atoms with van der Waals surface area (Å²) in [4.78, 5) is 10.9. The van der Waals surface area contributed by atoms with Crippen molar-refractivity contribution in [1.29, 1.82) is 0 Å². The lowest BCUT2D eigenvalue weighted by Crippen LogP contribution is -2.46. The number of hydrogen-bond donors (Lipinski definition) is 3. The second kappa shape index (κ2) is 7.77. The summed E-state index contributed by atoms with van der Waals surface area (Å²) in [5, 5.41) is 13.0. The van der Waals surface area contributed by atoms with Crippen LogP contribution < -0.4 is 15.8 Å². The van der Waals surface area contributed by atoms with Crippen LogP contribution in [0.25, 0.3) is 0 Å². The van der Waals surface area contributed by atoms with Gasteiger partial charge in [-0.05, 0) is 54.4 Å². The summed E-state index contributed by atoms with van der Waals surface area (Å²) < 4.78 is 6.43. The second-order valence-corrected chi connectivity index (χ2v) is 6.66. The van der Waals surface area contributed by atoms with E-state index in [1.165, 1.54) is 0 Å². The lowest BCUT2D eigenvalue weighted by atomic mass is 10.0. The summed E-state index contributed by atoms with van der Waals surface area (Å²) in [5.74, 6) is 0.317. The van der Waals surface area contributed by atoms with Gasteiger partial charge in [0, 0.05) is 18.5 Å². The first-order chi connectivity index (χ1) is 9.69. The van der Waals surface area contributed by atoms with Gasteiger partial charge in [0.15, 0.2) is 0 Å². The number of carbonyl (C=O) groups is 1. The van der Waals surface area contributed by atoms with E-state index in [2.05, 4.69) is 21.2 Å². The number of aryl methyl sites for hydroxylation is 1. The molecule has 0 aromatic heterocycles. The average Bonchev–Trinajstić information content (AvgIpc) is 2.34. The van der Waals surface area contributed by atoms with Crippen LogP contribution in [-0.2, 0) is 4.79 Å². The Morgan fingerprint density at radius 2 is 2.19 bits per heavy atom. The van der Waals surface area contributed by atoms with Crippen LogP contribution in [-0.4, -0.2) is 35.8 Å². The van der Waals surface area contributed by atoms with E-state index in [0.717, 1.165) is 10.0 Å². The van der Waals surface area contributed by atoms with Crippen LogP contribution in [0.5, 0.6) is 5.75 Å². The highest BCUT2D eigenvalue weighted by Crippen LogP contribution is 2.25. The molecule has 0 spiro atoms. The highest BCUT2D eigenvalue weighted by atomic mass is 79.9. The first-order valence-corrected chi connectivity index (χ1v) is 7.59. The molecule has 21 heavy (non-hydrogen) atoms. The number of halogens is 1. The summed E-state index contributed by atoms with van der Waals surface area (Å²) in [6.45, 7) is 6.21. The number of hydrogen-bond acceptors (Lipinski definition) is 4. The Hall–Kier alpha value is -1.11. The van der Waals surface area contributed by atoms with Crippen molar-refractivity contribution < 1.29 is 14.6 Å². The minimum Gasteiger partial charge on any atom is -0.490 e. The fraction of sp³-hybridized carbons (Fsp3) is 0.533. The molecule has 0 aliphatic heterocycles. The lowest BCUT2D eigenvalue weighted by molar-refractivity contribution is -0.119. The number of amides is 1. The predicted molar refractivity (Wildman–Crippen MR) is 86.3 cm³/mol. The zero-order valence-electron chi connectivity index (χ0n) is 12.6. The molecule has 1 amide bonds. The lowest BCUT2D eigenvalue weighted by Gasteiger charge is -2.26. The molecule has 118 valence electrons. The fourth-order valence-electron chi connectivity index (χ4n) is 1.86. The molecule has 5 nitrogen and oxygen atoms in total. The van der Waals surface area contributed by atoms with Crippen LogP contribution in [0.1, 0.15) is 25.8 Å². The van der Waals surface area contributed by atoms with Crippen LogP contribution in [0.15, 0.2) is 22.7 Å². The Bertz CT molecular complexity index is 492. The maximum absolute atomic E-state index is 10.9. The summed E-state index contributed by atoms with van der Waals surface area (Å²) in [6.07, 6.45) is -0.463. The van der Waals surface area contributed by atoms with Crippen molar-refractivity contribution in [3.8, 4) is 5.75 Å². The maximum atomic E-state index is 10.9.